The van der Waals surface area contributed by atoms with Crippen molar-refractivity contribution < 1.29 is 14.0 Å². The van der Waals surface area contributed by atoms with Gasteiger partial charge in [-0.25, -0.2) is 4.39 Å². The molecule has 1 fully saturated rings. The molecule has 1 saturated heterocycles. The number of fused-ring (bicyclic) bond motifs is 3. The van der Waals surface area contributed by atoms with Crippen LogP contribution < -0.4 is 9.80 Å². The molecular formula is C25H28FN3O2. The Morgan fingerprint density at radius 1 is 1.19 bits per heavy atom. The number of hydrogen-bond acceptors (Lipinski definition) is 4. The van der Waals surface area contributed by atoms with E-state index >= 15 is 0 Å². The summed E-state index contributed by atoms with van der Waals surface area (Å²) in [5.41, 5.74) is 4.12. The number of anilines is 2. The molecule has 3 heterocycles. The highest BCUT2D eigenvalue weighted by Gasteiger charge is 2.53. The number of halogens is 1. The number of Topliss-reactive ketones (excluding diaryl/α,β-unsaturated/α-hetero) is 1. The Kier molecular flexibility index (Phi) is 4.85. The molecule has 31 heavy (non-hydrogen) atoms. The molecule has 162 valence electrons. The van der Waals surface area contributed by atoms with E-state index in [2.05, 4.69) is 28.9 Å². The van der Waals surface area contributed by atoms with E-state index in [1.807, 2.05) is 13.1 Å². The van der Waals surface area contributed by atoms with E-state index in [0.29, 0.717) is 24.6 Å². The lowest BCUT2D eigenvalue weighted by atomic mass is 9.74. The number of para-hydroxylation sites is 1. The second-order valence-electron chi connectivity index (χ2n) is 9.29. The Balaban J connectivity index is 1.28. The van der Waals surface area contributed by atoms with Gasteiger partial charge in [-0.3, -0.25) is 9.59 Å². The number of amides is 1. The molecule has 1 unspecified atom stereocenters. The molecule has 0 spiro atoms. The summed E-state index contributed by atoms with van der Waals surface area (Å²) < 4.78 is 13.1. The highest BCUT2D eigenvalue weighted by Crippen LogP contribution is 2.53. The molecule has 3 aliphatic heterocycles. The molecular weight excluding hydrogens is 393 g/mol. The average molecular weight is 422 g/mol. The van der Waals surface area contributed by atoms with Gasteiger partial charge in [0.1, 0.15) is 5.82 Å². The SMILES string of the molecule is CN1C(=O)CN2c3c1cccc3[C@@]1(C)CN(CCCC(=O)c3ccc(F)cc3)CCC21. The third-order valence-electron chi connectivity index (χ3n) is 7.39. The summed E-state index contributed by atoms with van der Waals surface area (Å²) in [7, 11) is 1.87. The van der Waals surface area contributed by atoms with Gasteiger partial charge < -0.3 is 14.7 Å². The van der Waals surface area contributed by atoms with Crippen molar-refractivity contribution in [1.29, 1.82) is 0 Å². The number of carbonyl (C=O) groups is 2. The molecule has 6 heteroatoms. The minimum Gasteiger partial charge on any atom is -0.356 e. The van der Waals surface area contributed by atoms with Gasteiger partial charge >= 0.3 is 0 Å². The van der Waals surface area contributed by atoms with Crippen molar-refractivity contribution in [2.75, 3.05) is 43.0 Å². The van der Waals surface area contributed by atoms with Crippen molar-refractivity contribution in [2.45, 2.75) is 37.6 Å². The summed E-state index contributed by atoms with van der Waals surface area (Å²) >= 11 is 0. The fourth-order valence-corrected chi connectivity index (χ4v) is 5.77. The molecule has 1 amide bonds. The van der Waals surface area contributed by atoms with Crippen LogP contribution in [0, 0.1) is 5.82 Å². The standard InChI is InChI=1S/C25H28FN3O2/c1-25-16-28(13-4-7-21(30)17-8-10-18(26)11-9-17)14-12-22(25)29-15-23(31)27(2)20-6-3-5-19(25)24(20)29/h3,5-6,8-11,22H,4,7,12-16H2,1-2H3/t22?,25-/m1/s1. The first-order valence-corrected chi connectivity index (χ1v) is 11.1. The molecule has 2 atom stereocenters. The Bertz CT molecular complexity index is 1040. The number of ketones is 1. The lowest BCUT2D eigenvalue weighted by Gasteiger charge is -2.46. The van der Waals surface area contributed by atoms with E-state index < -0.39 is 0 Å². The predicted molar refractivity (Wildman–Crippen MR) is 119 cm³/mol. The summed E-state index contributed by atoms with van der Waals surface area (Å²) in [6, 6.07) is 12.5. The Hall–Kier alpha value is -2.73. The van der Waals surface area contributed by atoms with Crippen LogP contribution in [0.2, 0.25) is 0 Å². The number of hydrogen-bond donors (Lipinski definition) is 0. The summed E-state index contributed by atoms with van der Waals surface area (Å²) in [4.78, 5) is 31.5. The molecule has 0 radical (unpaired) electrons. The van der Waals surface area contributed by atoms with Crippen molar-refractivity contribution in [2.24, 2.45) is 0 Å². The zero-order valence-corrected chi connectivity index (χ0v) is 18.1. The summed E-state index contributed by atoms with van der Waals surface area (Å²) in [6.07, 6.45) is 2.26. The lowest BCUT2D eigenvalue weighted by Crippen LogP contribution is -2.57. The van der Waals surface area contributed by atoms with Crippen LogP contribution in [-0.2, 0) is 10.2 Å². The van der Waals surface area contributed by atoms with Crippen molar-refractivity contribution in [1.82, 2.24) is 4.90 Å². The number of nitrogens with zero attached hydrogens (tertiary/aromatic N) is 3. The van der Waals surface area contributed by atoms with Crippen LogP contribution >= 0.6 is 0 Å². The summed E-state index contributed by atoms with van der Waals surface area (Å²) in [5.74, 6) is -0.107. The Labute approximate surface area is 182 Å². The van der Waals surface area contributed by atoms with Gasteiger partial charge in [-0.1, -0.05) is 19.1 Å². The van der Waals surface area contributed by atoms with Gasteiger partial charge in [0.2, 0.25) is 5.91 Å². The Morgan fingerprint density at radius 2 is 1.97 bits per heavy atom. The maximum Gasteiger partial charge on any atom is 0.246 e. The van der Waals surface area contributed by atoms with Crippen LogP contribution in [-0.4, -0.2) is 55.9 Å². The third-order valence-corrected chi connectivity index (χ3v) is 7.39. The third kappa shape index (κ3) is 3.24. The normalized spacial score (nSPS) is 24.9. The topological polar surface area (TPSA) is 43.9 Å². The van der Waals surface area contributed by atoms with Gasteiger partial charge in [-0.15, -0.1) is 0 Å². The first-order valence-electron chi connectivity index (χ1n) is 11.1. The molecule has 5 rings (SSSR count). The largest absolute Gasteiger partial charge is 0.356 e. The van der Waals surface area contributed by atoms with E-state index in [9.17, 15) is 14.0 Å². The number of rotatable bonds is 5. The highest BCUT2D eigenvalue weighted by molar-refractivity contribution is 6.04. The van der Waals surface area contributed by atoms with Crippen molar-refractivity contribution >= 4 is 23.1 Å². The molecule has 2 aromatic rings. The fraction of sp³-hybridized carbons (Fsp3) is 0.440. The van der Waals surface area contributed by atoms with Crippen LogP contribution in [0.5, 0.6) is 0 Å². The van der Waals surface area contributed by atoms with Crippen LogP contribution in [0.25, 0.3) is 0 Å². The summed E-state index contributed by atoms with van der Waals surface area (Å²) in [5, 5.41) is 0. The molecule has 5 nitrogen and oxygen atoms in total. The quantitative estimate of drug-likeness (QED) is 0.692. The van der Waals surface area contributed by atoms with Crippen molar-refractivity contribution in [3.05, 3.63) is 59.4 Å². The zero-order chi connectivity index (χ0) is 21.8. The minimum absolute atomic E-state index is 0.0317. The number of benzene rings is 2. The molecule has 3 aliphatic rings. The van der Waals surface area contributed by atoms with E-state index in [-0.39, 0.29) is 22.9 Å². The van der Waals surface area contributed by atoms with E-state index in [1.54, 1.807) is 17.0 Å². The number of piperidine rings is 1. The van der Waals surface area contributed by atoms with Crippen LogP contribution in [0.3, 0.4) is 0 Å². The maximum absolute atomic E-state index is 13.1. The zero-order valence-electron chi connectivity index (χ0n) is 18.1. The number of likely N-dealkylation sites (tertiary alicyclic amines) is 1. The van der Waals surface area contributed by atoms with Gasteiger partial charge in [-0.05, 0) is 55.3 Å². The first-order chi connectivity index (χ1) is 14.9. The predicted octanol–water partition coefficient (Wildman–Crippen LogP) is 3.62. The molecule has 0 aliphatic carbocycles. The fourth-order valence-electron chi connectivity index (χ4n) is 5.77. The van der Waals surface area contributed by atoms with Crippen molar-refractivity contribution in [3.63, 3.8) is 0 Å². The molecule has 0 bridgehead atoms. The van der Waals surface area contributed by atoms with Crippen LogP contribution in [0.4, 0.5) is 15.8 Å². The van der Waals surface area contributed by atoms with Gasteiger partial charge in [-0.2, -0.15) is 0 Å². The highest BCUT2D eigenvalue weighted by atomic mass is 19.1. The molecule has 2 aromatic carbocycles. The first kappa shape index (κ1) is 20.2. The van der Waals surface area contributed by atoms with Crippen LogP contribution in [0.15, 0.2) is 42.5 Å². The van der Waals surface area contributed by atoms with Gasteiger partial charge in [0.25, 0.3) is 0 Å². The minimum atomic E-state index is -0.321. The van der Waals surface area contributed by atoms with Crippen molar-refractivity contribution in [3.8, 4) is 0 Å². The number of likely N-dealkylation sites (N-methyl/N-ethyl adjacent to an activating group) is 1. The lowest BCUT2D eigenvalue weighted by molar-refractivity contribution is -0.117. The Morgan fingerprint density at radius 3 is 2.74 bits per heavy atom. The second-order valence-corrected chi connectivity index (χ2v) is 9.29. The van der Waals surface area contributed by atoms with Gasteiger partial charge in [0.15, 0.2) is 5.78 Å². The monoisotopic (exact) mass is 421 g/mol. The van der Waals surface area contributed by atoms with E-state index in [1.165, 1.54) is 23.4 Å². The second kappa shape index (κ2) is 7.45. The van der Waals surface area contributed by atoms with E-state index in [0.717, 1.165) is 38.2 Å². The van der Waals surface area contributed by atoms with Gasteiger partial charge in [0, 0.05) is 43.6 Å². The molecule has 0 saturated carbocycles. The summed E-state index contributed by atoms with van der Waals surface area (Å²) in [6.45, 7) is 5.53. The van der Waals surface area contributed by atoms with Crippen LogP contribution in [0.1, 0.15) is 42.1 Å². The van der Waals surface area contributed by atoms with Gasteiger partial charge in [0.05, 0.1) is 17.9 Å². The molecule has 0 aromatic heterocycles. The average Bonchev–Trinajstić information content (AvgIpc) is 3.01. The maximum atomic E-state index is 13.1. The smallest absolute Gasteiger partial charge is 0.246 e. The molecule has 0 N–H and O–H groups in total. The van der Waals surface area contributed by atoms with E-state index in [4.69, 9.17) is 0 Å². The number of carbonyl (C=O) groups excluding carboxylic acids is 2.